The first kappa shape index (κ1) is 19.9. The highest BCUT2D eigenvalue weighted by Gasteiger charge is 2.33. The van der Waals surface area contributed by atoms with E-state index in [-0.39, 0.29) is 23.8 Å². The first-order chi connectivity index (χ1) is 14.1. The second-order valence-corrected chi connectivity index (χ2v) is 8.89. The summed E-state index contributed by atoms with van der Waals surface area (Å²) in [5, 5.41) is 5.97. The van der Waals surface area contributed by atoms with Gasteiger partial charge in [0.15, 0.2) is 0 Å². The van der Waals surface area contributed by atoms with Gasteiger partial charge in [-0.25, -0.2) is 4.98 Å². The van der Waals surface area contributed by atoms with Gasteiger partial charge in [-0.1, -0.05) is 25.0 Å². The van der Waals surface area contributed by atoms with Crippen LogP contribution in [0.5, 0.6) is 5.75 Å². The molecule has 0 aliphatic carbocycles. The molecule has 0 spiro atoms. The summed E-state index contributed by atoms with van der Waals surface area (Å²) >= 11 is 1.50. The normalized spacial score (nSPS) is 22.9. The molecule has 1 N–H and O–H groups in total. The number of amides is 2. The number of carbonyl (C=O) groups is 2. The molecule has 1 saturated heterocycles. The Morgan fingerprint density at radius 3 is 2.93 bits per heavy atom. The minimum atomic E-state index is -0.0916. The fourth-order valence-corrected chi connectivity index (χ4v) is 4.80. The second kappa shape index (κ2) is 8.95. The third-order valence-electron chi connectivity index (χ3n) is 5.78. The number of likely N-dealkylation sites (tertiary alicyclic amines) is 1. The molecule has 2 amide bonds. The molecule has 2 aliphatic heterocycles. The van der Waals surface area contributed by atoms with Crippen LogP contribution < -0.4 is 10.1 Å². The average molecular weight is 414 g/mol. The van der Waals surface area contributed by atoms with Crippen molar-refractivity contribution in [2.45, 2.75) is 45.1 Å². The van der Waals surface area contributed by atoms with Crippen molar-refractivity contribution in [2.75, 3.05) is 19.7 Å². The highest BCUT2D eigenvalue weighted by molar-refractivity contribution is 7.09. The van der Waals surface area contributed by atoms with Crippen LogP contribution in [0.4, 0.5) is 0 Å². The largest absolute Gasteiger partial charge is 0.493 e. The molecule has 1 aromatic carbocycles. The molecule has 4 rings (SSSR count). The molecule has 0 unspecified atom stereocenters. The van der Waals surface area contributed by atoms with E-state index in [1.165, 1.54) is 11.3 Å². The van der Waals surface area contributed by atoms with E-state index in [1.54, 1.807) is 0 Å². The lowest BCUT2D eigenvalue weighted by molar-refractivity contribution is 0.0599. The summed E-state index contributed by atoms with van der Waals surface area (Å²) in [7, 11) is 0. The van der Waals surface area contributed by atoms with Gasteiger partial charge in [-0.2, -0.15) is 0 Å². The molecule has 1 aromatic heterocycles. The maximum Gasteiger partial charge on any atom is 0.273 e. The van der Waals surface area contributed by atoms with Crippen molar-refractivity contribution in [3.05, 3.63) is 45.9 Å². The molecule has 154 valence electrons. The smallest absolute Gasteiger partial charge is 0.273 e. The number of aromatic nitrogens is 1. The molecule has 29 heavy (non-hydrogen) atoms. The minimum absolute atomic E-state index is 0.00369. The summed E-state index contributed by atoms with van der Waals surface area (Å²) in [5.74, 6) is 0.813. The Hall–Kier alpha value is -2.41. The van der Waals surface area contributed by atoms with E-state index in [1.807, 2.05) is 41.5 Å². The maximum absolute atomic E-state index is 12.9. The number of aryl methyl sites for hydroxylation is 1. The van der Waals surface area contributed by atoms with Gasteiger partial charge in [0.1, 0.15) is 11.4 Å². The zero-order valence-electron chi connectivity index (χ0n) is 16.7. The fourth-order valence-electron chi connectivity index (χ4n) is 4.22. The van der Waals surface area contributed by atoms with Crippen LogP contribution in [0, 0.1) is 12.8 Å². The molecule has 2 atom stereocenters. The van der Waals surface area contributed by atoms with Crippen LogP contribution in [0.3, 0.4) is 0 Å². The van der Waals surface area contributed by atoms with Crippen molar-refractivity contribution in [1.29, 1.82) is 0 Å². The zero-order valence-corrected chi connectivity index (χ0v) is 17.5. The van der Waals surface area contributed by atoms with Crippen molar-refractivity contribution in [3.8, 4) is 5.75 Å². The van der Waals surface area contributed by atoms with Crippen LogP contribution in [-0.4, -0.2) is 47.4 Å². The van der Waals surface area contributed by atoms with Crippen molar-refractivity contribution >= 4 is 23.2 Å². The van der Waals surface area contributed by atoms with E-state index in [9.17, 15) is 9.59 Å². The van der Waals surface area contributed by atoms with Gasteiger partial charge in [-0.15, -0.1) is 11.3 Å². The Kier molecular flexibility index (Phi) is 6.13. The molecule has 7 heteroatoms. The summed E-state index contributed by atoms with van der Waals surface area (Å²) in [6.07, 6.45) is 4.87. The SMILES string of the molecule is Cc1nc(C(=O)N2CC[C@H]3NC(=O)c4ccccc4OCCCCC[C@H]3C2)cs1. The monoisotopic (exact) mass is 413 g/mol. The van der Waals surface area contributed by atoms with Gasteiger partial charge in [0.05, 0.1) is 17.2 Å². The zero-order chi connectivity index (χ0) is 20.2. The third kappa shape index (κ3) is 4.61. The number of fused-ring (bicyclic) bond motifs is 2. The third-order valence-corrected chi connectivity index (χ3v) is 6.56. The standard InChI is InChI=1S/C22H27N3O3S/c1-15-23-19(14-29-15)22(27)25-11-10-18-16(13-25)7-3-2-6-12-28-20-9-5-4-8-17(20)21(26)24-18/h4-5,8-9,14,16,18H,2-3,6-7,10-13H2,1H3,(H,24,26)/t16-,18+/m0/s1. The number of para-hydroxylation sites is 1. The van der Waals surface area contributed by atoms with Crippen LogP contribution in [-0.2, 0) is 0 Å². The first-order valence-electron chi connectivity index (χ1n) is 10.4. The topological polar surface area (TPSA) is 71.5 Å². The Bertz CT molecular complexity index is 882. The van der Waals surface area contributed by atoms with Crippen LogP contribution in [0.25, 0.3) is 0 Å². The van der Waals surface area contributed by atoms with Crippen LogP contribution in [0.15, 0.2) is 29.6 Å². The molecule has 0 bridgehead atoms. The Balaban J connectivity index is 1.50. The molecule has 0 radical (unpaired) electrons. The number of benzene rings is 1. The highest BCUT2D eigenvalue weighted by atomic mass is 32.1. The first-order valence-corrected chi connectivity index (χ1v) is 11.2. The number of hydrogen-bond acceptors (Lipinski definition) is 5. The molecular weight excluding hydrogens is 386 g/mol. The van der Waals surface area contributed by atoms with E-state index < -0.39 is 0 Å². The predicted molar refractivity (Wildman–Crippen MR) is 113 cm³/mol. The van der Waals surface area contributed by atoms with Crippen molar-refractivity contribution in [1.82, 2.24) is 15.2 Å². The summed E-state index contributed by atoms with van der Waals surface area (Å²) in [4.78, 5) is 32.1. The highest BCUT2D eigenvalue weighted by Crippen LogP contribution is 2.27. The average Bonchev–Trinajstić information content (AvgIpc) is 3.16. The quantitative estimate of drug-likeness (QED) is 0.774. The number of hydrogen-bond donors (Lipinski definition) is 1. The molecule has 3 heterocycles. The van der Waals surface area contributed by atoms with E-state index in [0.29, 0.717) is 36.7 Å². The lowest BCUT2D eigenvalue weighted by atomic mass is 9.87. The van der Waals surface area contributed by atoms with Gasteiger partial charge in [-0.3, -0.25) is 9.59 Å². The van der Waals surface area contributed by atoms with Crippen molar-refractivity contribution < 1.29 is 14.3 Å². The Morgan fingerprint density at radius 2 is 2.10 bits per heavy atom. The van der Waals surface area contributed by atoms with Crippen LogP contribution in [0.2, 0.25) is 0 Å². The van der Waals surface area contributed by atoms with E-state index in [4.69, 9.17) is 4.74 Å². The second-order valence-electron chi connectivity index (χ2n) is 7.83. The molecule has 1 fully saturated rings. The van der Waals surface area contributed by atoms with Gasteiger partial charge in [0, 0.05) is 24.5 Å². The van der Waals surface area contributed by atoms with E-state index in [0.717, 1.165) is 37.1 Å². The van der Waals surface area contributed by atoms with Crippen LogP contribution in [0.1, 0.15) is 58.0 Å². The van der Waals surface area contributed by atoms with Gasteiger partial charge < -0.3 is 15.0 Å². The van der Waals surface area contributed by atoms with E-state index in [2.05, 4.69) is 10.3 Å². The van der Waals surface area contributed by atoms with Crippen molar-refractivity contribution in [2.24, 2.45) is 5.92 Å². The van der Waals surface area contributed by atoms with Gasteiger partial charge in [0.2, 0.25) is 0 Å². The number of thiazole rings is 1. The lowest BCUT2D eigenvalue weighted by Crippen LogP contribution is -2.52. The molecular formula is C22H27N3O3S. The Labute approximate surface area is 175 Å². The molecule has 6 nitrogen and oxygen atoms in total. The van der Waals surface area contributed by atoms with Crippen molar-refractivity contribution in [3.63, 3.8) is 0 Å². The molecule has 0 saturated carbocycles. The maximum atomic E-state index is 12.9. The number of nitrogens with one attached hydrogen (secondary N) is 1. The Morgan fingerprint density at radius 1 is 1.24 bits per heavy atom. The van der Waals surface area contributed by atoms with E-state index >= 15 is 0 Å². The number of nitrogens with zero attached hydrogens (tertiary/aromatic N) is 2. The summed E-state index contributed by atoms with van der Waals surface area (Å²) < 4.78 is 5.85. The van der Waals surface area contributed by atoms with Crippen LogP contribution >= 0.6 is 11.3 Å². The summed E-state index contributed by atoms with van der Waals surface area (Å²) in [5.41, 5.74) is 1.12. The molecule has 2 aliphatic rings. The summed E-state index contributed by atoms with van der Waals surface area (Å²) in [6.45, 7) is 3.83. The fraction of sp³-hybridized carbons (Fsp3) is 0.500. The molecule has 2 aromatic rings. The summed E-state index contributed by atoms with van der Waals surface area (Å²) in [6, 6.07) is 7.49. The number of carbonyl (C=O) groups excluding carboxylic acids is 2. The number of rotatable bonds is 1. The van der Waals surface area contributed by atoms with Gasteiger partial charge in [0.25, 0.3) is 11.8 Å². The number of ether oxygens (including phenoxy) is 1. The number of piperidine rings is 1. The van der Waals surface area contributed by atoms with Gasteiger partial charge >= 0.3 is 0 Å². The predicted octanol–water partition coefficient (Wildman–Crippen LogP) is 3.67. The van der Waals surface area contributed by atoms with Gasteiger partial charge in [-0.05, 0) is 44.2 Å². The minimum Gasteiger partial charge on any atom is -0.493 e. The lowest BCUT2D eigenvalue weighted by Gasteiger charge is -2.39.